The molecule has 1 aromatic carbocycles. The van der Waals surface area contributed by atoms with Crippen molar-refractivity contribution >= 4 is 24.2 Å². The van der Waals surface area contributed by atoms with Crippen LogP contribution >= 0.6 is 0 Å². The van der Waals surface area contributed by atoms with Crippen molar-refractivity contribution in [2.24, 2.45) is 4.99 Å². The normalized spacial score (nSPS) is 14.3. The number of rotatable bonds is 4. The first-order valence-electron chi connectivity index (χ1n) is 8.65. The second-order valence-electron chi connectivity index (χ2n) is 6.09. The summed E-state index contributed by atoms with van der Waals surface area (Å²) in [6.45, 7) is 7.18. The molecule has 4 rings (SSSR count). The first kappa shape index (κ1) is 16.2. The number of aliphatic imine (C=N–C) groups is 1. The molecule has 0 spiro atoms. The van der Waals surface area contributed by atoms with E-state index in [0.717, 1.165) is 49.1 Å². The number of nitrogens with zero attached hydrogens (tertiary/aromatic N) is 6. The number of aromatic nitrogens is 3. The quantitative estimate of drug-likeness (QED) is 0.680. The third-order valence-electron chi connectivity index (χ3n) is 4.51. The first-order chi connectivity index (χ1) is 12.8. The lowest BCUT2D eigenvalue weighted by Crippen LogP contribution is -2.47. The minimum atomic E-state index is 0.562. The molecule has 0 saturated carbocycles. The molecule has 1 fully saturated rings. The van der Waals surface area contributed by atoms with E-state index in [1.54, 1.807) is 6.20 Å². The van der Waals surface area contributed by atoms with Crippen LogP contribution in [0.25, 0.3) is 11.3 Å². The van der Waals surface area contributed by atoms with Gasteiger partial charge in [-0.25, -0.2) is 19.9 Å². The average Bonchev–Trinajstić information content (AvgIpc) is 2.75. The first-order valence-corrected chi connectivity index (χ1v) is 8.65. The zero-order valence-electron chi connectivity index (χ0n) is 14.5. The lowest BCUT2D eigenvalue weighted by Gasteiger charge is -2.36. The fraction of sp³-hybridized carbons (Fsp3) is 0.200. The summed E-state index contributed by atoms with van der Waals surface area (Å²) >= 11 is 0. The summed E-state index contributed by atoms with van der Waals surface area (Å²) < 4.78 is 0. The maximum atomic E-state index is 4.83. The van der Waals surface area contributed by atoms with Crippen LogP contribution in [0.4, 0.5) is 17.5 Å². The highest BCUT2D eigenvalue weighted by atomic mass is 15.3. The summed E-state index contributed by atoms with van der Waals surface area (Å²) in [6, 6.07) is 16.0. The predicted molar refractivity (Wildman–Crippen MR) is 105 cm³/mol. The van der Waals surface area contributed by atoms with Crippen LogP contribution in [0.1, 0.15) is 0 Å². The van der Waals surface area contributed by atoms with E-state index < -0.39 is 0 Å². The predicted octanol–water partition coefficient (Wildman–Crippen LogP) is 3.20. The molecule has 0 amide bonds. The molecule has 1 aliphatic rings. The maximum absolute atomic E-state index is 4.83. The van der Waals surface area contributed by atoms with Crippen LogP contribution in [0.3, 0.4) is 0 Å². The lowest BCUT2D eigenvalue weighted by molar-refractivity contribution is 0.641. The zero-order chi connectivity index (χ0) is 17.8. The zero-order valence-corrected chi connectivity index (χ0v) is 14.5. The van der Waals surface area contributed by atoms with Gasteiger partial charge in [0.1, 0.15) is 17.3 Å². The molecule has 0 atom stereocenters. The highest BCUT2D eigenvalue weighted by Crippen LogP contribution is 2.28. The van der Waals surface area contributed by atoms with E-state index in [1.165, 1.54) is 0 Å². The second-order valence-corrected chi connectivity index (χ2v) is 6.09. The molecule has 0 bridgehead atoms. The molecule has 6 nitrogen and oxygen atoms in total. The molecule has 0 aliphatic carbocycles. The fourth-order valence-electron chi connectivity index (χ4n) is 3.14. The van der Waals surface area contributed by atoms with Crippen molar-refractivity contribution in [3.05, 3.63) is 60.9 Å². The Balaban J connectivity index is 1.55. The molecule has 0 radical (unpaired) electrons. The Morgan fingerprint density at radius 1 is 0.808 bits per heavy atom. The molecular weight excluding hydrogens is 324 g/mol. The van der Waals surface area contributed by atoms with Crippen molar-refractivity contribution in [1.82, 2.24) is 15.0 Å². The van der Waals surface area contributed by atoms with Crippen molar-refractivity contribution in [1.29, 1.82) is 0 Å². The van der Waals surface area contributed by atoms with Gasteiger partial charge in [-0.2, -0.15) is 0 Å². The second kappa shape index (κ2) is 7.31. The van der Waals surface area contributed by atoms with E-state index in [9.17, 15) is 0 Å². The van der Waals surface area contributed by atoms with Crippen LogP contribution in [0.2, 0.25) is 0 Å². The molecule has 1 aliphatic heterocycles. The summed E-state index contributed by atoms with van der Waals surface area (Å²) in [6.07, 6.45) is 3.62. The van der Waals surface area contributed by atoms with E-state index in [1.807, 2.05) is 54.7 Å². The number of pyridine rings is 1. The van der Waals surface area contributed by atoms with Crippen LogP contribution < -0.4 is 9.80 Å². The van der Waals surface area contributed by atoms with Crippen molar-refractivity contribution in [2.45, 2.75) is 0 Å². The molecular formula is C20H20N6. The topological polar surface area (TPSA) is 57.5 Å². The van der Waals surface area contributed by atoms with Crippen molar-refractivity contribution in [3.63, 3.8) is 0 Å². The van der Waals surface area contributed by atoms with Crippen molar-refractivity contribution in [3.8, 4) is 11.3 Å². The van der Waals surface area contributed by atoms with Gasteiger partial charge in [-0.3, -0.25) is 0 Å². The van der Waals surface area contributed by atoms with E-state index in [2.05, 4.69) is 31.5 Å². The third-order valence-corrected chi connectivity index (χ3v) is 4.51. The fourth-order valence-corrected chi connectivity index (χ4v) is 3.14. The van der Waals surface area contributed by atoms with Gasteiger partial charge in [0.25, 0.3) is 0 Å². The molecule has 6 heteroatoms. The average molecular weight is 344 g/mol. The van der Waals surface area contributed by atoms with E-state index in [0.29, 0.717) is 5.82 Å². The molecule has 3 heterocycles. The number of piperazine rings is 1. The van der Waals surface area contributed by atoms with Gasteiger partial charge in [0.2, 0.25) is 0 Å². The van der Waals surface area contributed by atoms with Gasteiger partial charge in [0.05, 0.1) is 6.20 Å². The SMILES string of the molecule is C=Nc1ncc(N2CCN(c3ccccn3)CC2)nc1-c1ccccc1. The van der Waals surface area contributed by atoms with Crippen molar-refractivity contribution < 1.29 is 0 Å². The minimum absolute atomic E-state index is 0.562. The number of anilines is 2. The summed E-state index contributed by atoms with van der Waals surface area (Å²) in [7, 11) is 0. The molecule has 26 heavy (non-hydrogen) atoms. The van der Waals surface area contributed by atoms with Gasteiger partial charge in [-0.05, 0) is 18.9 Å². The van der Waals surface area contributed by atoms with Crippen molar-refractivity contribution in [2.75, 3.05) is 36.0 Å². The summed E-state index contributed by atoms with van der Waals surface area (Å²) in [5, 5.41) is 0. The number of benzene rings is 1. The minimum Gasteiger partial charge on any atom is -0.353 e. The van der Waals surface area contributed by atoms with Gasteiger partial charge in [-0.1, -0.05) is 36.4 Å². The molecule has 1 saturated heterocycles. The Morgan fingerprint density at radius 3 is 2.15 bits per heavy atom. The largest absolute Gasteiger partial charge is 0.353 e. The number of hydrogen-bond donors (Lipinski definition) is 0. The van der Waals surface area contributed by atoms with Crippen LogP contribution in [-0.2, 0) is 0 Å². The highest BCUT2D eigenvalue weighted by Gasteiger charge is 2.20. The van der Waals surface area contributed by atoms with Crippen LogP contribution in [-0.4, -0.2) is 47.8 Å². The summed E-state index contributed by atoms with van der Waals surface area (Å²) in [5.41, 5.74) is 1.77. The number of hydrogen-bond acceptors (Lipinski definition) is 6. The summed E-state index contributed by atoms with van der Waals surface area (Å²) in [4.78, 5) is 22.3. The Kier molecular flexibility index (Phi) is 4.55. The molecule has 3 aromatic rings. The van der Waals surface area contributed by atoms with Crippen LogP contribution in [0.15, 0.2) is 65.9 Å². The van der Waals surface area contributed by atoms with Gasteiger partial charge in [0.15, 0.2) is 5.82 Å². The smallest absolute Gasteiger partial charge is 0.178 e. The van der Waals surface area contributed by atoms with E-state index in [-0.39, 0.29) is 0 Å². The molecule has 130 valence electrons. The van der Waals surface area contributed by atoms with Gasteiger partial charge in [0, 0.05) is 37.9 Å². The van der Waals surface area contributed by atoms with Crippen LogP contribution in [0.5, 0.6) is 0 Å². The Hall–Kier alpha value is -3.28. The van der Waals surface area contributed by atoms with Gasteiger partial charge < -0.3 is 9.80 Å². The van der Waals surface area contributed by atoms with E-state index in [4.69, 9.17) is 4.98 Å². The van der Waals surface area contributed by atoms with Gasteiger partial charge in [-0.15, -0.1) is 0 Å². The molecule has 2 aromatic heterocycles. The molecule has 0 unspecified atom stereocenters. The van der Waals surface area contributed by atoms with E-state index >= 15 is 0 Å². The third kappa shape index (κ3) is 3.26. The molecule has 0 N–H and O–H groups in total. The Labute approximate surface area is 152 Å². The standard InChI is InChI=1S/C20H20N6/c1-21-20-19(16-7-3-2-4-8-16)24-18(15-23-20)26-13-11-25(12-14-26)17-9-5-6-10-22-17/h2-10,15H,1,11-14H2. The lowest BCUT2D eigenvalue weighted by atomic mass is 10.1. The Bertz CT molecular complexity index is 873. The highest BCUT2D eigenvalue weighted by molar-refractivity contribution is 5.72. The maximum Gasteiger partial charge on any atom is 0.178 e. The summed E-state index contributed by atoms with van der Waals surface area (Å²) in [5.74, 6) is 2.46. The van der Waals surface area contributed by atoms with Crippen LogP contribution in [0, 0.1) is 0 Å². The monoisotopic (exact) mass is 344 g/mol. The van der Waals surface area contributed by atoms with Gasteiger partial charge >= 0.3 is 0 Å². The Morgan fingerprint density at radius 2 is 1.50 bits per heavy atom.